The van der Waals surface area contributed by atoms with Gasteiger partial charge in [-0.25, -0.2) is 0 Å². The fraction of sp³-hybridized carbons (Fsp3) is 0.0909. The standard InChI is InChI=1S/C11H10BrClN2/c12-10-6-8(3-4-11(10)13)15-7-9-2-1-5-14-9/h1-6,14-15H,7H2. The van der Waals surface area contributed by atoms with Gasteiger partial charge in [-0.1, -0.05) is 11.6 Å². The highest BCUT2D eigenvalue weighted by Gasteiger charge is 1.98. The van der Waals surface area contributed by atoms with Gasteiger partial charge in [-0.15, -0.1) is 0 Å². The van der Waals surface area contributed by atoms with Crippen LogP contribution in [0.3, 0.4) is 0 Å². The van der Waals surface area contributed by atoms with Crippen molar-refractivity contribution in [3.05, 3.63) is 51.7 Å². The topological polar surface area (TPSA) is 27.8 Å². The molecule has 15 heavy (non-hydrogen) atoms. The van der Waals surface area contributed by atoms with Gasteiger partial charge in [0.05, 0.1) is 11.6 Å². The first-order chi connectivity index (χ1) is 7.25. The van der Waals surface area contributed by atoms with E-state index in [2.05, 4.69) is 26.2 Å². The van der Waals surface area contributed by atoms with Crippen LogP contribution >= 0.6 is 27.5 Å². The van der Waals surface area contributed by atoms with E-state index >= 15 is 0 Å². The molecule has 78 valence electrons. The average molecular weight is 286 g/mol. The van der Waals surface area contributed by atoms with E-state index in [0.29, 0.717) is 0 Å². The molecule has 2 nitrogen and oxygen atoms in total. The number of nitrogens with one attached hydrogen (secondary N) is 2. The second-order valence-electron chi connectivity index (χ2n) is 3.18. The van der Waals surface area contributed by atoms with Gasteiger partial charge in [0, 0.05) is 22.1 Å². The first-order valence-electron chi connectivity index (χ1n) is 4.57. The maximum Gasteiger partial charge on any atom is 0.0551 e. The van der Waals surface area contributed by atoms with Gasteiger partial charge in [-0.05, 0) is 46.3 Å². The summed E-state index contributed by atoms with van der Waals surface area (Å²) in [7, 11) is 0. The highest BCUT2D eigenvalue weighted by Crippen LogP contribution is 2.25. The molecule has 0 saturated heterocycles. The molecule has 0 aliphatic carbocycles. The predicted molar refractivity (Wildman–Crippen MR) is 67.3 cm³/mol. The smallest absolute Gasteiger partial charge is 0.0551 e. The van der Waals surface area contributed by atoms with Crippen LogP contribution in [0.2, 0.25) is 5.02 Å². The van der Waals surface area contributed by atoms with Gasteiger partial charge in [0.25, 0.3) is 0 Å². The Kier molecular flexibility index (Phi) is 3.34. The molecular weight excluding hydrogens is 275 g/mol. The molecule has 2 rings (SSSR count). The minimum absolute atomic E-state index is 0.723. The third-order valence-electron chi connectivity index (χ3n) is 2.06. The third-order valence-corrected chi connectivity index (χ3v) is 3.28. The molecule has 0 saturated carbocycles. The second-order valence-corrected chi connectivity index (χ2v) is 4.44. The van der Waals surface area contributed by atoms with Gasteiger partial charge in [-0.3, -0.25) is 0 Å². The summed E-state index contributed by atoms with van der Waals surface area (Å²) in [5.41, 5.74) is 2.20. The molecular formula is C11H10BrClN2. The van der Waals surface area contributed by atoms with Crippen LogP contribution in [-0.2, 0) is 6.54 Å². The number of hydrogen-bond donors (Lipinski definition) is 2. The normalized spacial score (nSPS) is 10.3. The molecule has 0 aliphatic rings. The van der Waals surface area contributed by atoms with Gasteiger partial charge in [0.15, 0.2) is 0 Å². The lowest BCUT2D eigenvalue weighted by Crippen LogP contribution is -1.99. The van der Waals surface area contributed by atoms with Crippen molar-refractivity contribution in [1.82, 2.24) is 4.98 Å². The van der Waals surface area contributed by atoms with Crippen LogP contribution in [0.15, 0.2) is 41.0 Å². The first kappa shape index (κ1) is 10.6. The summed E-state index contributed by atoms with van der Waals surface area (Å²) in [5.74, 6) is 0. The third kappa shape index (κ3) is 2.76. The van der Waals surface area contributed by atoms with Crippen molar-refractivity contribution < 1.29 is 0 Å². The molecule has 2 aromatic rings. The first-order valence-corrected chi connectivity index (χ1v) is 5.74. The number of anilines is 1. The van der Waals surface area contributed by atoms with Gasteiger partial charge < -0.3 is 10.3 Å². The Balaban J connectivity index is 2.02. The van der Waals surface area contributed by atoms with Crippen LogP contribution in [0.25, 0.3) is 0 Å². The number of rotatable bonds is 3. The molecule has 4 heteroatoms. The lowest BCUT2D eigenvalue weighted by molar-refractivity contribution is 1.07. The Bertz CT molecular complexity index is 440. The summed E-state index contributed by atoms with van der Waals surface area (Å²) in [4.78, 5) is 3.13. The number of benzene rings is 1. The van der Waals surface area contributed by atoms with E-state index < -0.39 is 0 Å². The van der Waals surface area contributed by atoms with Crippen LogP contribution in [-0.4, -0.2) is 4.98 Å². The maximum atomic E-state index is 5.90. The van der Waals surface area contributed by atoms with E-state index in [-0.39, 0.29) is 0 Å². The number of aromatic amines is 1. The summed E-state index contributed by atoms with van der Waals surface area (Å²) in [6.07, 6.45) is 1.91. The van der Waals surface area contributed by atoms with Gasteiger partial charge in [0.1, 0.15) is 0 Å². The summed E-state index contributed by atoms with van der Waals surface area (Å²) in [5, 5.41) is 4.02. The molecule has 0 amide bonds. The predicted octanol–water partition coefficient (Wildman–Crippen LogP) is 4.04. The molecule has 0 unspecified atom stereocenters. The lowest BCUT2D eigenvalue weighted by atomic mass is 10.3. The van der Waals surface area contributed by atoms with Crippen LogP contribution in [0.4, 0.5) is 5.69 Å². The quantitative estimate of drug-likeness (QED) is 0.875. The minimum atomic E-state index is 0.723. The zero-order chi connectivity index (χ0) is 10.7. The zero-order valence-corrected chi connectivity index (χ0v) is 10.3. The van der Waals surface area contributed by atoms with Crippen LogP contribution in [0, 0.1) is 0 Å². The van der Waals surface area contributed by atoms with Crippen LogP contribution < -0.4 is 5.32 Å². The SMILES string of the molecule is Clc1ccc(NCc2ccc[nH]2)cc1Br. The Hall–Kier alpha value is -0.930. The molecule has 1 aromatic heterocycles. The van der Waals surface area contributed by atoms with Crippen molar-refractivity contribution in [1.29, 1.82) is 0 Å². The number of H-pyrrole nitrogens is 1. The van der Waals surface area contributed by atoms with Crippen LogP contribution in [0.5, 0.6) is 0 Å². The van der Waals surface area contributed by atoms with Gasteiger partial charge in [-0.2, -0.15) is 0 Å². The van der Waals surface area contributed by atoms with E-state index in [1.165, 1.54) is 0 Å². The summed E-state index contributed by atoms with van der Waals surface area (Å²) in [6.45, 7) is 0.779. The van der Waals surface area contributed by atoms with E-state index in [9.17, 15) is 0 Å². The molecule has 2 N–H and O–H groups in total. The van der Waals surface area contributed by atoms with Gasteiger partial charge >= 0.3 is 0 Å². The molecule has 0 atom stereocenters. The zero-order valence-electron chi connectivity index (χ0n) is 7.93. The monoisotopic (exact) mass is 284 g/mol. The van der Waals surface area contributed by atoms with Crippen molar-refractivity contribution in [2.75, 3.05) is 5.32 Å². The van der Waals surface area contributed by atoms with Crippen molar-refractivity contribution in [2.24, 2.45) is 0 Å². The summed E-state index contributed by atoms with van der Waals surface area (Å²) >= 11 is 9.28. The number of aromatic nitrogens is 1. The van der Waals surface area contributed by atoms with Gasteiger partial charge in [0.2, 0.25) is 0 Å². The fourth-order valence-corrected chi connectivity index (χ4v) is 1.78. The van der Waals surface area contributed by atoms with E-state index in [1.54, 1.807) is 0 Å². The van der Waals surface area contributed by atoms with E-state index in [0.717, 1.165) is 27.4 Å². The Morgan fingerprint density at radius 3 is 2.87 bits per heavy atom. The van der Waals surface area contributed by atoms with Crippen molar-refractivity contribution in [3.63, 3.8) is 0 Å². The number of halogens is 2. The van der Waals surface area contributed by atoms with Crippen LogP contribution in [0.1, 0.15) is 5.69 Å². The summed E-state index contributed by atoms with van der Waals surface area (Å²) < 4.78 is 0.903. The van der Waals surface area contributed by atoms with Crippen molar-refractivity contribution in [3.8, 4) is 0 Å². The highest BCUT2D eigenvalue weighted by atomic mass is 79.9. The van der Waals surface area contributed by atoms with E-state index in [4.69, 9.17) is 11.6 Å². The molecule has 0 bridgehead atoms. The fourth-order valence-electron chi connectivity index (χ4n) is 1.28. The minimum Gasteiger partial charge on any atom is -0.379 e. The molecule has 0 radical (unpaired) electrons. The molecule has 1 aromatic carbocycles. The Morgan fingerprint density at radius 1 is 1.33 bits per heavy atom. The molecule has 0 aliphatic heterocycles. The Labute approximate surface area is 102 Å². The maximum absolute atomic E-state index is 5.90. The molecule has 0 fully saturated rings. The summed E-state index contributed by atoms with van der Waals surface area (Å²) in [6, 6.07) is 9.80. The Morgan fingerprint density at radius 2 is 2.20 bits per heavy atom. The number of hydrogen-bond acceptors (Lipinski definition) is 1. The largest absolute Gasteiger partial charge is 0.379 e. The molecule has 1 heterocycles. The molecule has 0 spiro atoms. The highest BCUT2D eigenvalue weighted by molar-refractivity contribution is 9.10. The van der Waals surface area contributed by atoms with E-state index in [1.807, 2.05) is 36.5 Å². The average Bonchev–Trinajstić information content (AvgIpc) is 2.73. The second kappa shape index (κ2) is 4.73. The lowest BCUT2D eigenvalue weighted by Gasteiger charge is -2.06. The van der Waals surface area contributed by atoms with Crippen molar-refractivity contribution in [2.45, 2.75) is 6.54 Å². The van der Waals surface area contributed by atoms with Crippen molar-refractivity contribution >= 4 is 33.2 Å².